The van der Waals surface area contributed by atoms with Gasteiger partial charge >= 0.3 is 6.18 Å². The standard InChI is InChI=1S/C17H23F3O4/c1-10(2)16-23-9-14(15(24-16)11(3)21)22-8-12-6-4-5-7-13(12)17(18,19)20/h4-7,10-11,14-16,21H,8-9H2,1-3H3/t11?,14-,15-,16+/m1/s1. The fourth-order valence-corrected chi connectivity index (χ4v) is 2.60. The molecule has 0 bridgehead atoms. The maximum Gasteiger partial charge on any atom is 0.416 e. The molecular formula is C17H23F3O4. The number of benzene rings is 1. The zero-order valence-corrected chi connectivity index (χ0v) is 13.9. The number of rotatable bonds is 5. The van der Waals surface area contributed by atoms with E-state index in [-0.39, 0.29) is 24.7 Å². The predicted molar refractivity (Wildman–Crippen MR) is 81.2 cm³/mol. The van der Waals surface area contributed by atoms with Crippen LogP contribution in [-0.4, -0.2) is 36.3 Å². The predicted octanol–water partition coefficient (Wildman–Crippen LogP) is 3.37. The summed E-state index contributed by atoms with van der Waals surface area (Å²) in [6.45, 7) is 5.33. The number of hydrogen-bond acceptors (Lipinski definition) is 4. The molecule has 24 heavy (non-hydrogen) atoms. The summed E-state index contributed by atoms with van der Waals surface area (Å²) >= 11 is 0. The van der Waals surface area contributed by atoms with Crippen molar-refractivity contribution >= 4 is 0 Å². The monoisotopic (exact) mass is 348 g/mol. The van der Waals surface area contributed by atoms with Crippen molar-refractivity contribution in [1.29, 1.82) is 0 Å². The highest BCUT2D eigenvalue weighted by Crippen LogP contribution is 2.32. The first-order chi connectivity index (χ1) is 11.2. The van der Waals surface area contributed by atoms with Gasteiger partial charge in [-0.2, -0.15) is 13.2 Å². The van der Waals surface area contributed by atoms with Gasteiger partial charge in [0.1, 0.15) is 12.2 Å². The lowest BCUT2D eigenvalue weighted by molar-refractivity contribution is -0.291. The average molecular weight is 348 g/mol. The van der Waals surface area contributed by atoms with Crippen LogP contribution in [-0.2, 0) is 27.0 Å². The molecule has 4 nitrogen and oxygen atoms in total. The second kappa shape index (κ2) is 7.82. The molecule has 1 aliphatic rings. The molecule has 1 aliphatic heterocycles. The molecule has 0 aliphatic carbocycles. The third kappa shape index (κ3) is 4.69. The summed E-state index contributed by atoms with van der Waals surface area (Å²) in [6.07, 6.45) is -7.01. The fourth-order valence-electron chi connectivity index (χ4n) is 2.60. The van der Waals surface area contributed by atoms with Gasteiger partial charge in [-0.25, -0.2) is 0 Å². The molecule has 1 saturated heterocycles. The Balaban J connectivity index is 2.06. The van der Waals surface area contributed by atoms with Crippen LogP contribution < -0.4 is 0 Å². The highest BCUT2D eigenvalue weighted by atomic mass is 19.4. The summed E-state index contributed by atoms with van der Waals surface area (Å²) < 4.78 is 55.9. The van der Waals surface area contributed by atoms with Gasteiger partial charge in [0.05, 0.1) is 24.9 Å². The van der Waals surface area contributed by atoms with Crippen molar-refractivity contribution in [3.8, 4) is 0 Å². The summed E-state index contributed by atoms with van der Waals surface area (Å²) in [6, 6.07) is 5.27. The third-order valence-corrected chi connectivity index (χ3v) is 3.88. The fraction of sp³-hybridized carbons (Fsp3) is 0.647. The molecule has 0 spiro atoms. The van der Waals surface area contributed by atoms with E-state index in [0.717, 1.165) is 6.07 Å². The van der Waals surface area contributed by atoms with E-state index < -0.39 is 36.3 Å². The maximum absolute atomic E-state index is 13.0. The molecule has 0 saturated carbocycles. The summed E-state index contributed by atoms with van der Waals surface area (Å²) in [5.41, 5.74) is -0.684. The van der Waals surface area contributed by atoms with Gasteiger partial charge < -0.3 is 19.3 Å². The van der Waals surface area contributed by atoms with Crippen molar-refractivity contribution in [3.63, 3.8) is 0 Å². The first-order valence-electron chi connectivity index (χ1n) is 7.92. The number of hydrogen-bond donors (Lipinski definition) is 1. The Kier molecular flexibility index (Phi) is 6.25. The van der Waals surface area contributed by atoms with Crippen molar-refractivity contribution in [2.45, 2.75) is 58.2 Å². The molecule has 0 amide bonds. The largest absolute Gasteiger partial charge is 0.416 e. The molecule has 1 unspecified atom stereocenters. The van der Waals surface area contributed by atoms with Gasteiger partial charge in [-0.15, -0.1) is 0 Å². The molecular weight excluding hydrogens is 325 g/mol. The second-order valence-corrected chi connectivity index (χ2v) is 6.29. The van der Waals surface area contributed by atoms with Gasteiger partial charge in [0.2, 0.25) is 0 Å². The Morgan fingerprint density at radius 1 is 1.25 bits per heavy atom. The lowest BCUT2D eigenvalue weighted by atomic mass is 10.1. The maximum atomic E-state index is 13.0. The van der Waals surface area contributed by atoms with Gasteiger partial charge in [-0.05, 0) is 18.6 Å². The number of ether oxygens (including phenoxy) is 3. The molecule has 1 heterocycles. The Morgan fingerprint density at radius 2 is 1.92 bits per heavy atom. The molecule has 1 fully saturated rings. The van der Waals surface area contributed by atoms with E-state index in [2.05, 4.69) is 0 Å². The minimum atomic E-state index is -4.44. The summed E-state index contributed by atoms with van der Waals surface area (Å²) in [4.78, 5) is 0. The number of alkyl halides is 3. The highest BCUT2D eigenvalue weighted by molar-refractivity contribution is 5.29. The molecule has 1 N–H and O–H groups in total. The van der Waals surface area contributed by atoms with E-state index in [0.29, 0.717) is 0 Å². The van der Waals surface area contributed by atoms with Crippen molar-refractivity contribution in [3.05, 3.63) is 35.4 Å². The Hall–Kier alpha value is -1.15. The topological polar surface area (TPSA) is 47.9 Å². The van der Waals surface area contributed by atoms with Crippen molar-refractivity contribution in [2.24, 2.45) is 5.92 Å². The molecule has 0 radical (unpaired) electrons. The quantitative estimate of drug-likeness (QED) is 0.886. The lowest BCUT2D eigenvalue weighted by Gasteiger charge is -2.39. The number of aliphatic hydroxyl groups is 1. The minimum absolute atomic E-state index is 0.0420. The van der Waals surface area contributed by atoms with E-state index in [9.17, 15) is 18.3 Å². The Morgan fingerprint density at radius 3 is 2.50 bits per heavy atom. The van der Waals surface area contributed by atoms with Crippen LogP contribution in [0.1, 0.15) is 31.9 Å². The van der Waals surface area contributed by atoms with Gasteiger partial charge in [-0.3, -0.25) is 0 Å². The molecule has 7 heteroatoms. The zero-order valence-electron chi connectivity index (χ0n) is 13.9. The first-order valence-corrected chi connectivity index (χ1v) is 7.92. The number of aliphatic hydroxyl groups excluding tert-OH is 1. The van der Waals surface area contributed by atoms with Crippen LogP contribution in [0.4, 0.5) is 13.2 Å². The van der Waals surface area contributed by atoms with Crippen LogP contribution in [0.15, 0.2) is 24.3 Å². The molecule has 1 aromatic rings. The smallest absolute Gasteiger partial charge is 0.391 e. The van der Waals surface area contributed by atoms with Crippen molar-refractivity contribution in [1.82, 2.24) is 0 Å². The van der Waals surface area contributed by atoms with E-state index >= 15 is 0 Å². The Bertz CT molecular complexity index is 531. The summed E-state index contributed by atoms with van der Waals surface area (Å²) in [5.74, 6) is 0.0955. The van der Waals surface area contributed by atoms with Gasteiger partial charge in [0.15, 0.2) is 6.29 Å². The van der Waals surface area contributed by atoms with Crippen molar-refractivity contribution in [2.75, 3.05) is 6.61 Å². The van der Waals surface area contributed by atoms with Gasteiger partial charge in [0, 0.05) is 5.92 Å². The van der Waals surface area contributed by atoms with Crippen LogP contribution in [0.3, 0.4) is 0 Å². The highest BCUT2D eigenvalue weighted by Gasteiger charge is 2.38. The third-order valence-electron chi connectivity index (χ3n) is 3.88. The number of halogens is 3. The normalized spacial score (nSPS) is 26.6. The van der Waals surface area contributed by atoms with Crippen LogP contribution in [0.25, 0.3) is 0 Å². The van der Waals surface area contributed by atoms with Gasteiger partial charge in [-0.1, -0.05) is 32.0 Å². The van der Waals surface area contributed by atoms with E-state index in [1.165, 1.54) is 18.2 Å². The molecule has 2 rings (SSSR count). The minimum Gasteiger partial charge on any atom is -0.391 e. The average Bonchev–Trinajstić information content (AvgIpc) is 2.52. The molecule has 0 aromatic heterocycles. The van der Waals surface area contributed by atoms with Crippen LogP contribution in [0.2, 0.25) is 0 Å². The first kappa shape index (κ1) is 19.2. The SMILES string of the molecule is CC(C)[C@H]1OC[C@@H](OCc2ccccc2C(F)(F)F)[C@@H](C(C)O)O1. The molecule has 1 aromatic carbocycles. The summed E-state index contributed by atoms with van der Waals surface area (Å²) in [5, 5.41) is 9.89. The Labute approximate surface area is 139 Å². The second-order valence-electron chi connectivity index (χ2n) is 6.29. The van der Waals surface area contributed by atoms with Crippen LogP contribution in [0.5, 0.6) is 0 Å². The van der Waals surface area contributed by atoms with Crippen LogP contribution >= 0.6 is 0 Å². The van der Waals surface area contributed by atoms with Crippen molar-refractivity contribution < 1.29 is 32.5 Å². The van der Waals surface area contributed by atoms with Gasteiger partial charge in [0.25, 0.3) is 0 Å². The summed E-state index contributed by atoms with van der Waals surface area (Å²) in [7, 11) is 0. The molecule has 4 atom stereocenters. The van der Waals surface area contributed by atoms with E-state index in [1.54, 1.807) is 6.92 Å². The lowest BCUT2D eigenvalue weighted by Crippen LogP contribution is -2.51. The van der Waals surface area contributed by atoms with E-state index in [4.69, 9.17) is 14.2 Å². The zero-order chi connectivity index (χ0) is 17.9. The molecule has 136 valence electrons. The van der Waals surface area contributed by atoms with Crippen LogP contribution in [0, 0.1) is 5.92 Å². The van der Waals surface area contributed by atoms with E-state index in [1.807, 2.05) is 13.8 Å².